The molecule has 0 N–H and O–H groups in total. The van der Waals surface area contributed by atoms with Crippen LogP contribution in [-0.4, -0.2) is 33.9 Å². The first kappa shape index (κ1) is 30.4. The number of hydrogen-bond donors (Lipinski definition) is 0. The van der Waals surface area contributed by atoms with Gasteiger partial charge in [0.1, 0.15) is 8.07 Å². The summed E-state index contributed by atoms with van der Waals surface area (Å²) in [6.07, 6.45) is 9.27. The summed E-state index contributed by atoms with van der Waals surface area (Å²) in [4.78, 5) is 0.308. The van der Waals surface area contributed by atoms with Crippen LogP contribution in [0.4, 0.5) is 0 Å². The minimum absolute atomic E-state index is 0.308. The van der Waals surface area contributed by atoms with Gasteiger partial charge in [0.2, 0.25) is 10.0 Å². The zero-order valence-electron chi connectivity index (χ0n) is 22.7. The summed E-state index contributed by atoms with van der Waals surface area (Å²) < 4.78 is 28.0. The highest BCUT2D eigenvalue weighted by Gasteiger charge is 2.28. The molecule has 0 aliphatic heterocycles. The van der Waals surface area contributed by atoms with Crippen LogP contribution in [-0.2, 0) is 10.0 Å². The van der Waals surface area contributed by atoms with Gasteiger partial charge in [-0.1, -0.05) is 89.6 Å². The van der Waals surface area contributed by atoms with Crippen LogP contribution < -0.4 is 0 Å². The Bertz CT molecular complexity index is 955. The van der Waals surface area contributed by atoms with E-state index in [4.69, 9.17) is 0 Å². The third-order valence-corrected chi connectivity index (χ3v) is 13.9. The molecule has 1 aromatic carbocycles. The summed E-state index contributed by atoms with van der Waals surface area (Å²) >= 11 is 0. The van der Waals surface area contributed by atoms with Crippen LogP contribution >= 0.6 is 0 Å². The summed E-state index contributed by atoms with van der Waals surface area (Å²) in [7, 11) is -3.60. The van der Waals surface area contributed by atoms with Crippen LogP contribution in [0.25, 0.3) is 0 Å². The average molecular weight is 502 g/mol. The Labute approximate surface area is 211 Å². The number of rotatable bonds is 14. The van der Waals surface area contributed by atoms with Gasteiger partial charge in [0.05, 0.1) is 4.90 Å². The molecular weight excluding hydrogens is 454 g/mol. The van der Waals surface area contributed by atoms with Gasteiger partial charge >= 0.3 is 0 Å². The number of aryl methyl sites for hydroxylation is 1. The molecule has 1 rings (SSSR count). The molecule has 0 bridgehead atoms. The maximum Gasteiger partial charge on any atom is 0.243 e. The van der Waals surface area contributed by atoms with Gasteiger partial charge in [-0.25, -0.2) is 8.42 Å². The number of hydrogen-bond acceptors (Lipinski definition) is 2. The molecule has 1 atom stereocenters. The van der Waals surface area contributed by atoms with E-state index >= 15 is 0 Å². The standard InChI is InChI=1S/C29H47NO2SSi/c1-9-13-14-15-16-17-18-28(23-24-34(10-2,11-3)12-4)26(6)27(7)30(8)33(31,32)29-21-19-25(5)20-22-29/h18-22,27H,6,9-17H2,1-5,7-8H3/b28-18+. The Morgan fingerprint density at radius 3 is 2.12 bits per heavy atom. The Balaban J connectivity index is 3.21. The quantitative estimate of drug-likeness (QED) is 0.112. The molecule has 3 nitrogen and oxygen atoms in total. The highest BCUT2D eigenvalue weighted by molar-refractivity contribution is 7.89. The predicted octanol–water partition coefficient (Wildman–Crippen LogP) is 7.90. The molecular formula is C29H47NO2SSi. The van der Waals surface area contributed by atoms with Crippen LogP contribution in [0.2, 0.25) is 18.1 Å². The van der Waals surface area contributed by atoms with Crippen molar-refractivity contribution >= 4 is 18.1 Å². The monoisotopic (exact) mass is 501 g/mol. The van der Waals surface area contributed by atoms with Gasteiger partial charge in [0, 0.05) is 18.7 Å². The van der Waals surface area contributed by atoms with E-state index in [0.717, 1.165) is 47.7 Å². The molecule has 0 aliphatic carbocycles. The van der Waals surface area contributed by atoms with Gasteiger partial charge in [-0.05, 0) is 62.5 Å². The average Bonchev–Trinajstić information content (AvgIpc) is 2.84. The fourth-order valence-corrected chi connectivity index (χ4v) is 7.79. The van der Waals surface area contributed by atoms with Crippen molar-refractivity contribution in [3.8, 4) is 11.5 Å². The first-order chi connectivity index (χ1) is 16.1. The SMILES string of the molecule is C=C(/C(C#C[Si](CC)(CC)CC)=C/CCCCCCC)C(C)N(C)S(=O)(=O)c1ccc(C)cc1. The molecule has 0 radical (unpaired) electrons. The molecule has 190 valence electrons. The van der Waals surface area contributed by atoms with Gasteiger partial charge in [-0.15, -0.1) is 5.54 Å². The molecule has 1 unspecified atom stereocenters. The van der Waals surface area contributed by atoms with Crippen LogP contribution in [0.1, 0.15) is 78.7 Å². The van der Waals surface area contributed by atoms with Gasteiger partial charge in [-0.3, -0.25) is 0 Å². The normalized spacial score (nSPS) is 13.5. The third kappa shape index (κ3) is 8.55. The third-order valence-electron chi connectivity index (χ3n) is 7.24. The second-order valence-corrected chi connectivity index (χ2v) is 16.4. The molecule has 1 aromatic rings. The zero-order valence-corrected chi connectivity index (χ0v) is 24.5. The van der Waals surface area contributed by atoms with E-state index in [-0.39, 0.29) is 6.04 Å². The summed E-state index contributed by atoms with van der Waals surface area (Å²) in [5.41, 5.74) is 6.42. The minimum Gasteiger partial charge on any atom is -0.207 e. The summed E-state index contributed by atoms with van der Waals surface area (Å²) in [5.74, 6) is 3.50. The fraction of sp³-hybridized carbons (Fsp3) is 0.586. The van der Waals surface area contributed by atoms with Crippen molar-refractivity contribution < 1.29 is 8.42 Å². The highest BCUT2D eigenvalue weighted by atomic mass is 32.2. The lowest BCUT2D eigenvalue weighted by Crippen LogP contribution is -2.36. The Kier molecular flexibility index (Phi) is 13.2. The second-order valence-electron chi connectivity index (χ2n) is 9.45. The molecule has 0 spiro atoms. The Hall–Kier alpha value is -1.61. The maximum absolute atomic E-state index is 13.3. The van der Waals surface area contributed by atoms with Crippen molar-refractivity contribution in [1.82, 2.24) is 4.31 Å². The van der Waals surface area contributed by atoms with E-state index in [1.807, 2.05) is 26.0 Å². The molecule has 0 aromatic heterocycles. The molecule has 0 heterocycles. The summed E-state index contributed by atoms with van der Waals surface area (Å²) in [6, 6.07) is 10.1. The van der Waals surface area contributed by atoms with E-state index in [1.54, 1.807) is 19.2 Å². The van der Waals surface area contributed by atoms with Crippen LogP contribution in [0.3, 0.4) is 0 Å². The molecule has 5 heteroatoms. The second kappa shape index (κ2) is 14.7. The molecule has 0 fully saturated rings. The molecule has 0 saturated carbocycles. The van der Waals surface area contributed by atoms with Crippen molar-refractivity contribution in [2.24, 2.45) is 0 Å². The Morgan fingerprint density at radius 2 is 1.59 bits per heavy atom. The van der Waals surface area contributed by atoms with Crippen LogP contribution in [0.15, 0.2) is 53.0 Å². The van der Waals surface area contributed by atoms with E-state index in [1.165, 1.54) is 30.0 Å². The largest absolute Gasteiger partial charge is 0.243 e. The fourth-order valence-electron chi connectivity index (χ4n) is 4.00. The van der Waals surface area contributed by atoms with E-state index in [0.29, 0.717) is 4.90 Å². The highest BCUT2D eigenvalue weighted by Crippen LogP contribution is 2.25. The smallest absolute Gasteiger partial charge is 0.207 e. The van der Waals surface area contributed by atoms with E-state index in [2.05, 4.69) is 51.8 Å². The molecule has 0 amide bonds. The van der Waals surface area contributed by atoms with Crippen molar-refractivity contribution in [2.45, 2.75) is 109 Å². The Morgan fingerprint density at radius 1 is 1.03 bits per heavy atom. The first-order valence-electron chi connectivity index (χ1n) is 13.1. The first-order valence-corrected chi connectivity index (χ1v) is 17.1. The van der Waals surface area contributed by atoms with Crippen LogP contribution in [0.5, 0.6) is 0 Å². The zero-order chi connectivity index (χ0) is 25.8. The summed E-state index contributed by atoms with van der Waals surface area (Å²) in [5, 5.41) is 0. The molecule has 34 heavy (non-hydrogen) atoms. The lowest BCUT2D eigenvalue weighted by molar-refractivity contribution is 0.427. The van der Waals surface area contributed by atoms with Gasteiger partial charge < -0.3 is 0 Å². The number of likely N-dealkylation sites (N-methyl/N-ethyl adjacent to an activating group) is 1. The van der Waals surface area contributed by atoms with Crippen molar-refractivity contribution in [3.63, 3.8) is 0 Å². The lowest BCUT2D eigenvalue weighted by Gasteiger charge is -2.26. The van der Waals surface area contributed by atoms with E-state index < -0.39 is 18.1 Å². The molecule has 0 aliphatic rings. The van der Waals surface area contributed by atoms with Crippen molar-refractivity contribution in [2.75, 3.05) is 7.05 Å². The number of nitrogens with zero attached hydrogens (tertiary/aromatic N) is 1. The minimum atomic E-state index is -3.62. The predicted molar refractivity (Wildman–Crippen MR) is 151 cm³/mol. The lowest BCUT2D eigenvalue weighted by atomic mass is 10.00. The topological polar surface area (TPSA) is 37.4 Å². The van der Waals surface area contributed by atoms with Crippen molar-refractivity contribution in [3.05, 3.63) is 53.6 Å². The van der Waals surface area contributed by atoms with Gasteiger partial charge in [-0.2, -0.15) is 4.31 Å². The number of unbranched alkanes of at least 4 members (excludes halogenated alkanes) is 5. The van der Waals surface area contributed by atoms with Crippen LogP contribution in [0, 0.1) is 18.4 Å². The van der Waals surface area contributed by atoms with Crippen molar-refractivity contribution in [1.29, 1.82) is 0 Å². The van der Waals surface area contributed by atoms with Gasteiger partial charge in [0.15, 0.2) is 0 Å². The molecule has 0 saturated heterocycles. The van der Waals surface area contributed by atoms with E-state index in [9.17, 15) is 8.42 Å². The number of allylic oxidation sites excluding steroid dienone is 1. The van der Waals surface area contributed by atoms with Gasteiger partial charge in [0.25, 0.3) is 0 Å². The maximum atomic E-state index is 13.3. The number of benzene rings is 1. The summed E-state index contributed by atoms with van der Waals surface area (Å²) in [6.45, 7) is 17.2. The number of sulfonamides is 1.